The van der Waals surface area contributed by atoms with Crippen molar-refractivity contribution in [2.45, 2.75) is 45.7 Å². The maximum Gasteiger partial charge on any atom is 0.328 e. The summed E-state index contributed by atoms with van der Waals surface area (Å²) < 4.78 is 31.1. The molecule has 1 amide bonds. The van der Waals surface area contributed by atoms with Gasteiger partial charge in [-0.05, 0) is 44.5 Å². The lowest BCUT2D eigenvalue weighted by Crippen LogP contribution is -2.48. The van der Waals surface area contributed by atoms with Crippen molar-refractivity contribution in [3.05, 3.63) is 35.4 Å². The first-order valence-corrected chi connectivity index (χ1v) is 8.33. The number of benzene rings is 1. The SMILES string of the molecule is CCCN(CC(=O)N[C@@H](Cc1ccc(F)c(F)c1)C(=O)OC)C(C)C. The van der Waals surface area contributed by atoms with Crippen LogP contribution in [-0.2, 0) is 20.7 Å². The Labute approximate surface area is 147 Å². The molecule has 0 aliphatic carbocycles. The quantitative estimate of drug-likeness (QED) is 0.690. The van der Waals surface area contributed by atoms with Crippen molar-refractivity contribution < 1.29 is 23.1 Å². The Kier molecular flexibility index (Phi) is 8.48. The normalized spacial score (nSPS) is 12.3. The second-order valence-electron chi connectivity index (χ2n) is 6.16. The van der Waals surface area contributed by atoms with Gasteiger partial charge in [-0.15, -0.1) is 0 Å². The molecule has 0 saturated carbocycles. The van der Waals surface area contributed by atoms with Gasteiger partial charge in [-0.1, -0.05) is 13.0 Å². The third-order valence-electron chi connectivity index (χ3n) is 3.83. The zero-order chi connectivity index (χ0) is 19.0. The zero-order valence-electron chi connectivity index (χ0n) is 15.1. The standard InChI is InChI=1S/C18H26F2N2O3/c1-5-8-22(12(2)3)11-17(23)21-16(18(24)25-4)10-13-6-7-14(19)15(20)9-13/h6-7,9,12,16H,5,8,10-11H2,1-4H3,(H,21,23)/t16-/m0/s1. The molecule has 0 radical (unpaired) electrons. The van der Waals surface area contributed by atoms with Crippen LogP contribution in [0.15, 0.2) is 18.2 Å². The molecule has 0 aromatic heterocycles. The van der Waals surface area contributed by atoms with Crippen molar-refractivity contribution in [3.8, 4) is 0 Å². The van der Waals surface area contributed by atoms with Crippen molar-refractivity contribution in [2.24, 2.45) is 0 Å². The van der Waals surface area contributed by atoms with Gasteiger partial charge in [0.05, 0.1) is 13.7 Å². The smallest absolute Gasteiger partial charge is 0.328 e. The van der Waals surface area contributed by atoms with Gasteiger partial charge < -0.3 is 10.1 Å². The fraction of sp³-hybridized carbons (Fsp3) is 0.556. The third kappa shape index (κ3) is 6.78. The Morgan fingerprint density at radius 2 is 1.92 bits per heavy atom. The van der Waals surface area contributed by atoms with Crippen molar-refractivity contribution >= 4 is 11.9 Å². The monoisotopic (exact) mass is 356 g/mol. The lowest BCUT2D eigenvalue weighted by Gasteiger charge is -2.26. The van der Waals surface area contributed by atoms with Crippen molar-refractivity contribution in [1.82, 2.24) is 10.2 Å². The number of halogens is 2. The van der Waals surface area contributed by atoms with E-state index in [2.05, 4.69) is 5.32 Å². The highest BCUT2D eigenvalue weighted by Crippen LogP contribution is 2.11. The summed E-state index contributed by atoms with van der Waals surface area (Å²) in [4.78, 5) is 26.2. The van der Waals surface area contributed by atoms with E-state index in [0.29, 0.717) is 5.56 Å². The van der Waals surface area contributed by atoms with Gasteiger partial charge in [0.25, 0.3) is 0 Å². The van der Waals surface area contributed by atoms with E-state index in [0.717, 1.165) is 25.1 Å². The molecule has 1 aromatic carbocycles. The van der Waals surface area contributed by atoms with E-state index < -0.39 is 23.6 Å². The molecule has 0 aliphatic rings. The molecule has 1 aromatic rings. The molecule has 1 rings (SSSR count). The van der Waals surface area contributed by atoms with Crippen LogP contribution >= 0.6 is 0 Å². The maximum absolute atomic E-state index is 13.3. The van der Waals surface area contributed by atoms with E-state index in [1.54, 1.807) is 0 Å². The summed E-state index contributed by atoms with van der Waals surface area (Å²) in [5, 5.41) is 2.62. The summed E-state index contributed by atoms with van der Waals surface area (Å²) in [7, 11) is 1.21. The molecule has 0 aliphatic heterocycles. The summed E-state index contributed by atoms with van der Waals surface area (Å²) in [6, 6.07) is 2.60. The van der Waals surface area contributed by atoms with Crippen LogP contribution in [0, 0.1) is 11.6 Å². The number of carbonyl (C=O) groups is 2. The number of methoxy groups -OCH3 is 1. The van der Waals surface area contributed by atoms with Crippen LogP contribution < -0.4 is 5.32 Å². The molecule has 0 fully saturated rings. The molecular formula is C18H26F2N2O3. The Bertz CT molecular complexity index is 594. The van der Waals surface area contributed by atoms with Crippen LogP contribution in [0.2, 0.25) is 0 Å². The van der Waals surface area contributed by atoms with Crippen molar-refractivity contribution in [3.63, 3.8) is 0 Å². The lowest BCUT2D eigenvalue weighted by molar-refractivity contribution is -0.145. The zero-order valence-corrected chi connectivity index (χ0v) is 15.1. The van der Waals surface area contributed by atoms with Gasteiger partial charge in [0, 0.05) is 12.5 Å². The average Bonchev–Trinajstić information content (AvgIpc) is 2.56. The first-order valence-electron chi connectivity index (χ1n) is 8.33. The molecule has 1 atom stereocenters. The number of nitrogens with zero attached hydrogens (tertiary/aromatic N) is 1. The molecule has 0 spiro atoms. The summed E-state index contributed by atoms with van der Waals surface area (Å²) in [6.07, 6.45) is 0.922. The van der Waals surface area contributed by atoms with E-state index in [9.17, 15) is 18.4 Å². The van der Waals surface area contributed by atoms with Crippen LogP contribution in [0.25, 0.3) is 0 Å². The van der Waals surface area contributed by atoms with E-state index in [4.69, 9.17) is 4.74 Å². The number of ether oxygens (including phenoxy) is 1. The summed E-state index contributed by atoms with van der Waals surface area (Å²) in [6.45, 7) is 6.91. The number of hydrogen-bond acceptors (Lipinski definition) is 4. The highest BCUT2D eigenvalue weighted by atomic mass is 19.2. The first kappa shape index (κ1) is 21.0. The number of nitrogens with one attached hydrogen (secondary N) is 1. The van der Waals surface area contributed by atoms with Crippen LogP contribution in [0.4, 0.5) is 8.78 Å². The minimum Gasteiger partial charge on any atom is -0.467 e. The highest BCUT2D eigenvalue weighted by Gasteiger charge is 2.24. The predicted molar refractivity (Wildman–Crippen MR) is 91.0 cm³/mol. The molecule has 1 N–H and O–H groups in total. The molecule has 0 bridgehead atoms. The van der Waals surface area contributed by atoms with Gasteiger partial charge >= 0.3 is 5.97 Å². The van der Waals surface area contributed by atoms with Crippen LogP contribution in [-0.4, -0.2) is 49.1 Å². The average molecular weight is 356 g/mol. The Hall–Kier alpha value is -2.02. The predicted octanol–water partition coefficient (Wildman–Crippen LogP) is 2.29. The van der Waals surface area contributed by atoms with Gasteiger partial charge in [0.1, 0.15) is 6.04 Å². The number of carbonyl (C=O) groups excluding carboxylic acids is 2. The van der Waals surface area contributed by atoms with E-state index >= 15 is 0 Å². The van der Waals surface area contributed by atoms with Crippen molar-refractivity contribution in [1.29, 1.82) is 0 Å². The molecule has 140 valence electrons. The molecule has 25 heavy (non-hydrogen) atoms. The third-order valence-corrected chi connectivity index (χ3v) is 3.83. The van der Waals surface area contributed by atoms with Crippen molar-refractivity contribution in [2.75, 3.05) is 20.2 Å². The largest absolute Gasteiger partial charge is 0.467 e. The van der Waals surface area contributed by atoms with Gasteiger partial charge in [0.15, 0.2) is 11.6 Å². The number of esters is 1. The van der Waals surface area contributed by atoms with E-state index in [1.165, 1.54) is 13.2 Å². The summed E-state index contributed by atoms with van der Waals surface area (Å²) >= 11 is 0. The van der Waals surface area contributed by atoms with Crippen LogP contribution in [0.1, 0.15) is 32.8 Å². The molecule has 0 saturated heterocycles. The van der Waals surface area contributed by atoms with Gasteiger partial charge in [0.2, 0.25) is 5.91 Å². The molecule has 0 unspecified atom stereocenters. The number of amides is 1. The van der Waals surface area contributed by atoms with Gasteiger partial charge in [-0.2, -0.15) is 0 Å². The van der Waals surface area contributed by atoms with Gasteiger partial charge in [-0.3, -0.25) is 9.69 Å². The second-order valence-corrected chi connectivity index (χ2v) is 6.16. The lowest BCUT2D eigenvalue weighted by atomic mass is 10.1. The number of rotatable bonds is 9. The molecule has 0 heterocycles. The summed E-state index contributed by atoms with van der Waals surface area (Å²) in [5.74, 6) is -2.92. The Morgan fingerprint density at radius 3 is 2.44 bits per heavy atom. The summed E-state index contributed by atoms with van der Waals surface area (Å²) in [5.41, 5.74) is 0.392. The minimum atomic E-state index is -0.999. The van der Waals surface area contributed by atoms with Crippen LogP contribution in [0.3, 0.4) is 0 Å². The first-order chi connectivity index (χ1) is 11.8. The minimum absolute atomic E-state index is 0.0189. The fourth-order valence-corrected chi connectivity index (χ4v) is 2.47. The van der Waals surface area contributed by atoms with E-state index in [-0.39, 0.29) is 24.9 Å². The van der Waals surface area contributed by atoms with Gasteiger partial charge in [-0.25, -0.2) is 13.6 Å². The number of hydrogen-bond donors (Lipinski definition) is 1. The fourth-order valence-electron chi connectivity index (χ4n) is 2.47. The topological polar surface area (TPSA) is 58.6 Å². The molecular weight excluding hydrogens is 330 g/mol. The molecule has 7 heteroatoms. The van der Waals surface area contributed by atoms with E-state index in [1.807, 2.05) is 25.7 Å². The Balaban J connectivity index is 2.80. The van der Waals surface area contributed by atoms with Crippen LogP contribution in [0.5, 0.6) is 0 Å². The maximum atomic E-state index is 13.3. The molecule has 5 nitrogen and oxygen atoms in total. The second kappa shape index (κ2) is 10.1. The Morgan fingerprint density at radius 1 is 1.24 bits per heavy atom. The highest BCUT2D eigenvalue weighted by molar-refractivity contribution is 5.85.